The van der Waals surface area contributed by atoms with Gasteiger partial charge in [-0.3, -0.25) is 9.36 Å². The predicted molar refractivity (Wildman–Crippen MR) is 115 cm³/mol. The Balaban J connectivity index is 1.80. The van der Waals surface area contributed by atoms with Crippen molar-refractivity contribution in [2.24, 2.45) is 0 Å². The van der Waals surface area contributed by atoms with E-state index in [0.717, 1.165) is 28.3 Å². The molecule has 0 aliphatic carbocycles. The first-order chi connectivity index (χ1) is 14.0. The van der Waals surface area contributed by atoms with Crippen LogP contribution in [-0.2, 0) is 4.79 Å². The molecule has 0 spiro atoms. The lowest BCUT2D eigenvalue weighted by molar-refractivity contribution is -0.116. The summed E-state index contributed by atoms with van der Waals surface area (Å²) in [5.41, 5.74) is 3.95. The van der Waals surface area contributed by atoms with Gasteiger partial charge in [0.25, 0.3) is 0 Å². The average molecular weight is 406 g/mol. The quantitative estimate of drug-likeness (QED) is 0.550. The largest absolute Gasteiger partial charge is 0.311 e. The van der Waals surface area contributed by atoms with Crippen molar-refractivity contribution in [3.63, 3.8) is 0 Å². The van der Waals surface area contributed by atoms with Crippen molar-refractivity contribution >= 4 is 23.4 Å². The molecule has 0 N–H and O–H groups in total. The van der Waals surface area contributed by atoms with Gasteiger partial charge in [0.05, 0.1) is 18.2 Å². The highest BCUT2D eigenvalue weighted by molar-refractivity contribution is 7.99. The third kappa shape index (κ3) is 5.04. The van der Waals surface area contributed by atoms with Crippen LogP contribution in [0.5, 0.6) is 0 Å². The van der Waals surface area contributed by atoms with Gasteiger partial charge in [0.15, 0.2) is 5.16 Å². The molecule has 0 saturated carbocycles. The zero-order valence-corrected chi connectivity index (χ0v) is 17.6. The molecular weight excluding hydrogens is 382 g/mol. The first-order valence-electron chi connectivity index (χ1n) is 9.35. The van der Waals surface area contributed by atoms with Crippen molar-refractivity contribution in [2.75, 3.05) is 17.2 Å². The van der Waals surface area contributed by atoms with E-state index in [2.05, 4.69) is 22.3 Å². The Bertz CT molecular complexity index is 1020. The number of nitriles is 1. The summed E-state index contributed by atoms with van der Waals surface area (Å²) in [7, 11) is 0. The number of amides is 1. The minimum atomic E-state index is -0.0597. The standard InChI is InChI=1S/C22H23N5OS/c1-16-12-17(2)14-20(13-16)26(11-7-10-23)21(28)15-29-22-25-24-18(3)27(22)19-8-5-4-6-9-19/h4-6,8-9,12-14H,7,11,15H2,1-3H3. The first kappa shape index (κ1) is 20.6. The molecule has 148 valence electrons. The molecule has 0 aliphatic heterocycles. The Kier molecular flexibility index (Phi) is 6.68. The van der Waals surface area contributed by atoms with Crippen LogP contribution < -0.4 is 4.90 Å². The van der Waals surface area contributed by atoms with Crippen LogP contribution in [0.1, 0.15) is 23.4 Å². The number of thioether (sulfide) groups is 1. The van der Waals surface area contributed by atoms with Gasteiger partial charge < -0.3 is 4.90 Å². The van der Waals surface area contributed by atoms with Crippen molar-refractivity contribution in [3.8, 4) is 11.8 Å². The van der Waals surface area contributed by atoms with Gasteiger partial charge in [0.1, 0.15) is 5.82 Å². The first-order valence-corrected chi connectivity index (χ1v) is 10.3. The Morgan fingerprint density at radius 1 is 1.10 bits per heavy atom. The summed E-state index contributed by atoms with van der Waals surface area (Å²) in [5, 5.41) is 18.1. The van der Waals surface area contributed by atoms with Crippen LogP contribution in [0.15, 0.2) is 53.7 Å². The van der Waals surface area contributed by atoms with Crippen LogP contribution in [0.25, 0.3) is 5.69 Å². The summed E-state index contributed by atoms with van der Waals surface area (Å²) in [4.78, 5) is 14.7. The van der Waals surface area contributed by atoms with E-state index in [4.69, 9.17) is 5.26 Å². The van der Waals surface area contributed by atoms with Crippen molar-refractivity contribution in [2.45, 2.75) is 32.3 Å². The molecule has 0 bridgehead atoms. The van der Waals surface area contributed by atoms with Crippen molar-refractivity contribution in [1.29, 1.82) is 5.26 Å². The molecule has 0 saturated heterocycles. The summed E-state index contributed by atoms with van der Waals surface area (Å²) in [6, 6.07) is 18.0. The molecule has 1 heterocycles. The van der Waals surface area contributed by atoms with Gasteiger partial charge in [0.2, 0.25) is 5.91 Å². The molecule has 6 nitrogen and oxygen atoms in total. The van der Waals surface area contributed by atoms with Gasteiger partial charge >= 0.3 is 0 Å². The Morgan fingerprint density at radius 2 is 1.79 bits per heavy atom. The SMILES string of the molecule is Cc1cc(C)cc(N(CCC#N)C(=O)CSc2nnc(C)n2-c2ccccc2)c1. The molecule has 0 aliphatic rings. The number of carbonyl (C=O) groups is 1. The highest BCUT2D eigenvalue weighted by atomic mass is 32.2. The zero-order valence-electron chi connectivity index (χ0n) is 16.8. The van der Waals surface area contributed by atoms with E-state index in [9.17, 15) is 4.79 Å². The summed E-state index contributed by atoms with van der Waals surface area (Å²) in [5.74, 6) is 0.918. The second-order valence-corrected chi connectivity index (χ2v) is 7.73. The van der Waals surface area contributed by atoms with Gasteiger partial charge in [-0.05, 0) is 56.2 Å². The maximum Gasteiger partial charge on any atom is 0.237 e. The van der Waals surface area contributed by atoms with Crippen molar-refractivity contribution < 1.29 is 4.79 Å². The van der Waals surface area contributed by atoms with Crippen LogP contribution in [-0.4, -0.2) is 33.0 Å². The molecule has 0 radical (unpaired) electrons. The lowest BCUT2D eigenvalue weighted by Gasteiger charge is -2.22. The summed E-state index contributed by atoms with van der Waals surface area (Å²) < 4.78 is 1.94. The van der Waals surface area contributed by atoms with Gasteiger partial charge in [-0.2, -0.15) is 5.26 Å². The van der Waals surface area contributed by atoms with E-state index in [0.29, 0.717) is 11.7 Å². The van der Waals surface area contributed by atoms with E-state index in [1.165, 1.54) is 11.8 Å². The van der Waals surface area contributed by atoms with Gasteiger partial charge in [-0.25, -0.2) is 0 Å². The summed E-state index contributed by atoms with van der Waals surface area (Å²) in [6.45, 7) is 6.26. The number of anilines is 1. The van der Waals surface area contributed by atoms with Gasteiger partial charge in [0, 0.05) is 17.9 Å². The third-order valence-electron chi connectivity index (χ3n) is 4.40. The Hall–Kier alpha value is -3.11. The van der Waals surface area contributed by atoms with E-state index in [1.807, 2.05) is 67.8 Å². The zero-order chi connectivity index (χ0) is 20.8. The molecule has 7 heteroatoms. The lowest BCUT2D eigenvalue weighted by atomic mass is 10.1. The number of hydrogen-bond acceptors (Lipinski definition) is 5. The highest BCUT2D eigenvalue weighted by Crippen LogP contribution is 2.24. The molecule has 0 atom stereocenters. The normalized spacial score (nSPS) is 10.6. The predicted octanol–water partition coefficient (Wildman–Crippen LogP) is 4.23. The Labute approximate surface area is 175 Å². The maximum atomic E-state index is 13.0. The molecule has 3 aromatic rings. The number of para-hydroxylation sites is 1. The monoisotopic (exact) mass is 405 g/mol. The van der Waals surface area contributed by atoms with E-state index in [-0.39, 0.29) is 18.1 Å². The molecule has 2 aromatic carbocycles. The smallest absolute Gasteiger partial charge is 0.237 e. The molecule has 1 amide bonds. The average Bonchev–Trinajstić information content (AvgIpc) is 3.07. The molecule has 3 rings (SSSR count). The lowest BCUT2D eigenvalue weighted by Crippen LogP contribution is -2.33. The molecule has 0 fully saturated rings. The van der Waals surface area contributed by atoms with Gasteiger partial charge in [-0.15, -0.1) is 10.2 Å². The molecule has 1 aromatic heterocycles. The second kappa shape index (κ2) is 9.39. The minimum absolute atomic E-state index is 0.0597. The maximum absolute atomic E-state index is 13.0. The van der Waals surface area contributed by atoms with Crippen molar-refractivity contribution in [3.05, 3.63) is 65.5 Å². The number of nitrogens with zero attached hydrogens (tertiary/aromatic N) is 5. The number of aromatic nitrogens is 3. The van der Waals surface area contributed by atoms with Gasteiger partial charge in [-0.1, -0.05) is 36.0 Å². The topological polar surface area (TPSA) is 74.8 Å². The molecule has 0 unspecified atom stereocenters. The summed E-state index contributed by atoms with van der Waals surface area (Å²) in [6.07, 6.45) is 0.280. The van der Waals surface area contributed by atoms with Crippen LogP contribution >= 0.6 is 11.8 Å². The molecule has 29 heavy (non-hydrogen) atoms. The van der Waals surface area contributed by atoms with E-state index < -0.39 is 0 Å². The second-order valence-electron chi connectivity index (χ2n) is 6.79. The van der Waals surface area contributed by atoms with Crippen LogP contribution in [0.4, 0.5) is 5.69 Å². The number of carbonyl (C=O) groups excluding carboxylic acids is 1. The van der Waals surface area contributed by atoms with Crippen LogP contribution in [0.3, 0.4) is 0 Å². The fraction of sp³-hybridized carbons (Fsp3) is 0.273. The molecular formula is C22H23N5OS. The number of aryl methyl sites for hydroxylation is 3. The Morgan fingerprint density at radius 3 is 2.45 bits per heavy atom. The fourth-order valence-electron chi connectivity index (χ4n) is 3.18. The third-order valence-corrected chi connectivity index (χ3v) is 5.31. The minimum Gasteiger partial charge on any atom is -0.311 e. The summed E-state index contributed by atoms with van der Waals surface area (Å²) >= 11 is 1.35. The van der Waals surface area contributed by atoms with E-state index in [1.54, 1.807) is 4.90 Å². The highest BCUT2D eigenvalue weighted by Gasteiger charge is 2.19. The van der Waals surface area contributed by atoms with Crippen molar-refractivity contribution in [1.82, 2.24) is 14.8 Å². The number of benzene rings is 2. The number of rotatable bonds is 7. The number of hydrogen-bond donors (Lipinski definition) is 0. The van der Waals surface area contributed by atoms with E-state index >= 15 is 0 Å². The fourth-order valence-corrected chi connectivity index (χ4v) is 4.05. The van der Waals surface area contributed by atoms with Crippen LogP contribution in [0.2, 0.25) is 0 Å². The van der Waals surface area contributed by atoms with Crippen LogP contribution in [0, 0.1) is 32.1 Å².